The molecule has 0 aliphatic rings. The lowest BCUT2D eigenvalue weighted by atomic mass is 10.1. The molecule has 0 spiro atoms. The highest BCUT2D eigenvalue weighted by Crippen LogP contribution is 2.06. The van der Waals surface area contributed by atoms with Gasteiger partial charge < -0.3 is 19.1 Å². The molecule has 0 saturated heterocycles. The summed E-state index contributed by atoms with van der Waals surface area (Å²) in [7, 11) is 5.74. The minimum absolute atomic E-state index is 0.289. The normalized spacial score (nSPS) is 13.5. The maximum absolute atomic E-state index is 11.8. The number of carboxylic acids is 1. The molecule has 1 atom stereocenters. The Kier molecular flexibility index (Phi) is 11.9. The van der Waals surface area contributed by atoms with Gasteiger partial charge in [-0.25, -0.2) is 4.79 Å². The van der Waals surface area contributed by atoms with Crippen LogP contribution in [0.3, 0.4) is 0 Å². The van der Waals surface area contributed by atoms with Crippen LogP contribution < -0.4 is 5.11 Å². The number of esters is 1. The molecule has 0 aromatic carbocycles. The van der Waals surface area contributed by atoms with Crippen LogP contribution in [0.25, 0.3) is 0 Å². The van der Waals surface area contributed by atoms with Gasteiger partial charge >= 0.3 is 5.97 Å². The van der Waals surface area contributed by atoms with Gasteiger partial charge in [-0.3, -0.25) is 0 Å². The fourth-order valence-corrected chi connectivity index (χ4v) is 2.32. The number of ether oxygens (including phenoxy) is 1. The quantitative estimate of drug-likeness (QED) is 0.170. The average Bonchev–Trinajstić information content (AvgIpc) is 2.42. The van der Waals surface area contributed by atoms with Crippen molar-refractivity contribution in [1.82, 2.24) is 0 Å². The molecule has 0 bridgehead atoms. The molecule has 24 heavy (non-hydrogen) atoms. The number of rotatable bonds is 13. The van der Waals surface area contributed by atoms with E-state index in [4.69, 9.17) is 4.74 Å². The minimum Gasteiger partial charge on any atom is -0.550 e. The predicted octanol–water partition coefficient (Wildman–Crippen LogP) is 2.22. The van der Waals surface area contributed by atoms with E-state index < -0.39 is 18.0 Å². The summed E-state index contributed by atoms with van der Waals surface area (Å²) in [6.45, 7) is 2.61. The van der Waals surface area contributed by atoms with Crippen LogP contribution in [-0.4, -0.2) is 50.2 Å². The lowest BCUT2D eigenvalue weighted by Crippen LogP contribution is -2.45. The Hall–Kier alpha value is -1.62. The third-order valence-corrected chi connectivity index (χ3v) is 3.38. The molecule has 5 nitrogen and oxygen atoms in total. The van der Waals surface area contributed by atoms with Crippen molar-refractivity contribution in [2.75, 3.05) is 27.7 Å². The van der Waals surface area contributed by atoms with Crippen LogP contribution >= 0.6 is 0 Å². The van der Waals surface area contributed by atoms with E-state index >= 15 is 0 Å². The average molecular weight is 339 g/mol. The molecule has 5 heteroatoms. The van der Waals surface area contributed by atoms with Crippen molar-refractivity contribution in [2.24, 2.45) is 0 Å². The predicted molar refractivity (Wildman–Crippen MR) is 94.1 cm³/mol. The summed E-state index contributed by atoms with van der Waals surface area (Å²) in [6.07, 6.45) is 13.0. The number of carbonyl (C=O) groups is 2. The maximum atomic E-state index is 11.8. The van der Waals surface area contributed by atoms with E-state index in [0.29, 0.717) is 11.0 Å². The van der Waals surface area contributed by atoms with Gasteiger partial charge in [0.1, 0.15) is 6.54 Å². The van der Waals surface area contributed by atoms with Crippen LogP contribution in [-0.2, 0) is 14.3 Å². The van der Waals surface area contributed by atoms with Crippen molar-refractivity contribution in [3.63, 3.8) is 0 Å². The molecule has 0 saturated carbocycles. The number of likely N-dealkylation sites (N-methyl/N-ethyl adjacent to an activating group) is 1. The SMILES string of the molecule is CCCCCCC/C=C/C=C/C(=O)OC(CC(=O)[O-])C[N+](C)(C)C. The van der Waals surface area contributed by atoms with Crippen molar-refractivity contribution >= 4 is 11.9 Å². The summed E-state index contributed by atoms with van der Waals surface area (Å²) < 4.78 is 5.72. The van der Waals surface area contributed by atoms with Gasteiger partial charge in [-0.05, 0) is 12.8 Å². The van der Waals surface area contributed by atoms with E-state index in [1.165, 1.54) is 31.8 Å². The van der Waals surface area contributed by atoms with Crippen molar-refractivity contribution in [1.29, 1.82) is 0 Å². The smallest absolute Gasteiger partial charge is 0.331 e. The highest BCUT2D eigenvalue weighted by Gasteiger charge is 2.21. The summed E-state index contributed by atoms with van der Waals surface area (Å²) in [5.41, 5.74) is 0. The van der Waals surface area contributed by atoms with Crippen molar-refractivity contribution in [3.05, 3.63) is 24.3 Å². The summed E-state index contributed by atoms with van der Waals surface area (Å²) in [5, 5.41) is 10.8. The second-order valence-electron chi connectivity index (χ2n) is 7.10. The molecule has 0 N–H and O–H groups in total. The Bertz CT molecular complexity index is 422. The largest absolute Gasteiger partial charge is 0.550 e. The first-order valence-electron chi connectivity index (χ1n) is 8.78. The van der Waals surface area contributed by atoms with E-state index in [2.05, 4.69) is 6.92 Å². The number of hydrogen-bond acceptors (Lipinski definition) is 4. The molecule has 1 unspecified atom stereocenters. The standard InChI is InChI=1S/C19H33NO4/c1-5-6-7-8-9-10-11-12-13-14-19(23)24-17(15-18(21)22)16-20(2,3)4/h11-14,17H,5-10,15-16H2,1-4H3/b12-11+,14-13+. The van der Waals surface area contributed by atoms with E-state index in [1.807, 2.05) is 33.3 Å². The molecule has 0 aromatic heterocycles. The molecule has 0 aromatic rings. The van der Waals surface area contributed by atoms with Gasteiger partial charge in [0.25, 0.3) is 0 Å². The molecule has 0 rings (SSSR count). The molecular weight excluding hydrogens is 306 g/mol. The Morgan fingerprint density at radius 2 is 1.75 bits per heavy atom. The van der Waals surface area contributed by atoms with Gasteiger partial charge in [-0.15, -0.1) is 0 Å². The number of allylic oxidation sites excluding steroid dienone is 3. The Labute approximate surface area is 146 Å². The maximum Gasteiger partial charge on any atom is 0.331 e. The minimum atomic E-state index is -1.21. The van der Waals surface area contributed by atoms with E-state index in [0.717, 1.165) is 12.8 Å². The monoisotopic (exact) mass is 339 g/mol. The highest BCUT2D eigenvalue weighted by molar-refractivity contribution is 5.82. The number of carboxylic acid groups (broad SMARTS) is 1. The van der Waals surface area contributed by atoms with Crippen molar-refractivity contribution < 1.29 is 23.9 Å². The first kappa shape index (κ1) is 22.4. The summed E-state index contributed by atoms with van der Waals surface area (Å²) in [4.78, 5) is 22.5. The first-order chi connectivity index (χ1) is 11.2. The second kappa shape index (κ2) is 12.8. The zero-order chi connectivity index (χ0) is 18.4. The number of aliphatic carboxylic acids is 1. The highest BCUT2D eigenvalue weighted by atomic mass is 16.5. The fourth-order valence-electron chi connectivity index (χ4n) is 2.32. The second-order valence-corrected chi connectivity index (χ2v) is 7.10. The molecule has 0 aliphatic heterocycles. The van der Waals surface area contributed by atoms with Gasteiger partial charge in [0.05, 0.1) is 21.1 Å². The topological polar surface area (TPSA) is 66.4 Å². The Balaban J connectivity index is 4.15. The van der Waals surface area contributed by atoms with Gasteiger partial charge in [0.2, 0.25) is 0 Å². The third-order valence-electron chi connectivity index (χ3n) is 3.38. The number of hydrogen-bond donors (Lipinski definition) is 0. The van der Waals surface area contributed by atoms with Crippen LogP contribution in [0, 0.1) is 0 Å². The number of carbonyl (C=O) groups excluding carboxylic acids is 2. The van der Waals surface area contributed by atoms with E-state index in [9.17, 15) is 14.7 Å². The summed E-state index contributed by atoms with van der Waals surface area (Å²) >= 11 is 0. The zero-order valence-electron chi connectivity index (χ0n) is 15.6. The first-order valence-corrected chi connectivity index (χ1v) is 8.78. The van der Waals surface area contributed by atoms with E-state index in [-0.39, 0.29) is 6.42 Å². The summed E-state index contributed by atoms with van der Waals surface area (Å²) in [6, 6.07) is 0. The van der Waals surface area contributed by atoms with Gasteiger partial charge in [-0.1, -0.05) is 50.8 Å². The van der Waals surface area contributed by atoms with Crippen LogP contribution in [0.2, 0.25) is 0 Å². The van der Waals surface area contributed by atoms with Crippen LogP contribution in [0.15, 0.2) is 24.3 Å². The van der Waals surface area contributed by atoms with Crippen LogP contribution in [0.1, 0.15) is 51.9 Å². The van der Waals surface area contributed by atoms with E-state index in [1.54, 1.807) is 6.08 Å². The lowest BCUT2D eigenvalue weighted by Gasteiger charge is -2.28. The van der Waals surface area contributed by atoms with Crippen LogP contribution in [0.4, 0.5) is 0 Å². The molecule has 0 radical (unpaired) electrons. The van der Waals surface area contributed by atoms with Gasteiger partial charge in [0.15, 0.2) is 6.10 Å². The fraction of sp³-hybridized carbons (Fsp3) is 0.684. The molecule has 0 amide bonds. The number of quaternary nitrogens is 1. The third kappa shape index (κ3) is 15.3. The molecule has 0 fully saturated rings. The van der Waals surface area contributed by atoms with Crippen molar-refractivity contribution in [2.45, 2.75) is 58.0 Å². The zero-order valence-corrected chi connectivity index (χ0v) is 15.6. The number of nitrogens with zero attached hydrogens (tertiary/aromatic N) is 1. The Morgan fingerprint density at radius 3 is 2.33 bits per heavy atom. The van der Waals surface area contributed by atoms with Crippen LogP contribution in [0.5, 0.6) is 0 Å². The lowest BCUT2D eigenvalue weighted by molar-refractivity contribution is -0.873. The van der Waals surface area contributed by atoms with Gasteiger partial charge in [0, 0.05) is 18.5 Å². The molecule has 138 valence electrons. The summed E-state index contributed by atoms with van der Waals surface area (Å²) in [5.74, 6) is -1.74. The Morgan fingerprint density at radius 1 is 1.08 bits per heavy atom. The molecule has 0 aliphatic carbocycles. The molecule has 0 heterocycles. The van der Waals surface area contributed by atoms with Gasteiger partial charge in [-0.2, -0.15) is 0 Å². The molecular formula is C19H33NO4. The number of unbranched alkanes of at least 4 members (excludes halogenated alkanes) is 5. The van der Waals surface area contributed by atoms with Crippen molar-refractivity contribution in [3.8, 4) is 0 Å².